The van der Waals surface area contributed by atoms with Crippen molar-refractivity contribution in [1.82, 2.24) is 5.32 Å². The standard InChI is InChI=1S/C20H20N4O3/c1-14(25)22-16-5-2-15(3-6-16)4-11-19(26)23-17-7-9-18(10-8-17)24-13-12-21-20(24)27/h2-11H,12-13H2,1H3,(H,21,27)(H,22,25)(H,23,26)/b11-4+. The maximum Gasteiger partial charge on any atom is 0.321 e. The van der Waals surface area contributed by atoms with Crippen molar-refractivity contribution in [3.8, 4) is 0 Å². The van der Waals surface area contributed by atoms with E-state index in [2.05, 4.69) is 16.0 Å². The van der Waals surface area contributed by atoms with Gasteiger partial charge in [0, 0.05) is 43.2 Å². The van der Waals surface area contributed by atoms with Gasteiger partial charge in [0.25, 0.3) is 0 Å². The molecule has 0 bridgehead atoms. The second kappa shape index (κ2) is 8.18. The highest BCUT2D eigenvalue weighted by molar-refractivity contribution is 6.02. The van der Waals surface area contributed by atoms with Gasteiger partial charge in [0.2, 0.25) is 11.8 Å². The van der Waals surface area contributed by atoms with Gasteiger partial charge in [-0.05, 0) is 48.0 Å². The average molecular weight is 364 g/mol. The van der Waals surface area contributed by atoms with Crippen molar-refractivity contribution < 1.29 is 14.4 Å². The van der Waals surface area contributed by atoms with Gasteiger partial charge in [-0.2, -0.15) is 0 Å². The van der Waals surface area contributed by atoms with Crippen LogP contribution in [0.2, 0.25) is 0 Å². The van der Waals surface area contributed by atoms with Gasteiger partial charge in [0.15, 0.2) is 0 Å². The van der Waals surface area contributed by atoms with Crippen LogP contribution in [0.1, 0.15) is 12.5 Å². The van der Waals surface area contributed by atoms with Crippen LogP contribution >= 0.6 is 0 Å². The molecule has 0 saturated carbocycles. The lowest BCUT2D eigenvalue weighted by molar-refractivity contribution is -0.114. The SMILES string of the molecule is CC(=O)Nc1ccc(/C=C/C(=O)Nc2ccc(N3CCNC3=O)cc2)cc1. The summed E-state index contributed by atoms with van der Waals surface area (Å²) >= 11 is 0. The van der Waals surface area contributed by atoms with E-state index in [4.69, 9.17) is 0 Å². The number of nitrogens with one attached hydrogen (secondary N) is 3. The second-order valence-electron chi connectivity index (χ2n) is 6.06. The number of rotatable bonds is 5. The van der Waals surface area contributed by atoms with Crippen molar-refractivity contribution >= 4 is 41.0 Å². The summed E-state index contributed by atoms with van der Waals surface area (Å²) in [6.45, 7) is 2.71. The lowest BCUT2D eigenvalue weighted by atomic mass is 10.2. The summed E-state index contributed by atoms with van der Waals surface area (Å²) in [6, 6.07) is 14.2. The van der Waals surface area contributed by atoms with Crippen LogP contribution in [0.5, 0.6) is 0 Å². The third kappa shape index (κ3) is 4.94. The minimum Gasteiger partial charge on any atom is -0.336 e. The second-order valence-corrected chi connectivity index (χ2v) is 6.06. The van der Waals surface area contributed by atoms with E-state index in [1.165, 1.54) is 13.0 Å². The summed E-state index contributed by atoms with van der Waals surface area (Å²) in [6.07, 6.45) is 3.13. The van der Waals surface area contributed by atoms with Crippen LogP contribution in [-0.2, 0) is 9.59 Å². The van der Waals surface area contributed by atoms with Crippen LogP contribution in [0.25, 0.3) is 6.08 Å². The van der Waals surface area contributed by atoms with Crippen molar-refractivity contribution in [3.05, 3.63) is 60.2 Å². The monoisotopic (exact) mass is 364 g/mol. The number of amides is 4. The number of hydrogen-bond donors (Lipinski definition) is 3. The number of anilines is 3. The Hall–Kier alpha value is -3.61. The van der Waals surface area contributed by atoms with Crippen molar-refractivity contribution in [1.29, 1.82) is 0 Å². The maximum atomic E-state index is 12.1. The molecule has 2 aromatic carbocycles. The van der Waals surface area contributed by atoms with Gasteiger partial charge < -0.3 is 16.0 Å². The van der Waals surface area contributed by atoms with Gasteiger partial charge in [-0.1, -0.05) is 12.1 Å². The number of nitrogens with zero attached hydrogens (tertiary/aromatic N) is 1. The molecule has 0 aromatic heterocycles. The fourth-order valence-electron chi connectivity index (χ4n) is 2.68. The number of carbonyl (C=O) groups excluding carboxylic acids is 3. The van der Waals surface area contributed by atoms with Gasteiger partial charge in [0.1, 0.15) is 0 Å². The first kappa shape index (κ1) is 18.2. The highest BCUT2D eigenvalue weighted by Crippen LogP contribution is 2.19. The molecule has 7 heteroatoms. The number of benzene rings is 2. The Bertz CT molecular complexity index is 873. The van der Waals surface area contributed by atoms with E-state index in [1.54, 1.807) is 47.4 Å². The van der Waals surface area contributed by atoms with Crippen molar-refractivity contribution in [2.75, 3.05) is 28.6 Å². The van der Waals surface area contributed by atoms with Crippen molar-refractivity contribution in [2.45, 2.75) is 6.92 Å². The summed E-state index contributed by atoms with van der Waals surface area (Å²) in [4.78, 5) is 36.4. The topological polar surface area (TPSA) is 90.5 Å². The van der Waals surface area contributed by atoms with Crippen LogP contribution in [-0.4, -0.2) is 30.9 Å². The zero-order chi connectivity index (χ0) is 19.2. The van der Waals surface area contributed by atoms with Crippen LogP contribution in [0.4, 0.5) is 21.9 Å². The fourth-order valence-corrected chi connectivity index (χ4v) is 2.68. The van der Waals surface area contributed by atoms with E-state index in [-0.39, 0.29) is 17.8 Å². The van der Waals surface area contributed by atoms with Gasteiger partial charge in [0.05, 0.1) is 0 Å². The molecule has 0 unspecified atom stereocenters. The Labute approximate surface area is 157 Å². The molecule has 0 spiro atoms. The highest BCUT2D eigenvalue weighted by atomic mass is 16.2. The quantitative estimate of drug-likeness (QED) is 0.713. The predicted octanol–water partition coefficient (Wildman–Crippen LogP) is 2.83. The minimum absolute atomic E-state index is 0.112. The van der Waals surface area contributed by atoms with Gasteiger partial charge >= 0.3 is 6.03 Å². The minimum atomic E-state index is -0.257. The van der Waals surface area contributed by atoms with E-state index >= 15 is 0 Å². The first-order chi connectivity index (χ1) is 13.0. The lowest BCUT2D eigenvalue weighted by Gasteiger charge is -2.14. The average Bonchev–Trinajstić information content (AvgIpc) is 3.07. The molecule has 138 valence electrons. The third-order valence-corrected chi connectivity index (χ3v) is 3.96. The van der Waals surface area contributed by atoms with E-state index in [1.807, 2.05) is 12.1 Å². The molecule has 1 fully saturated rings. The summed E-state index contributed by atoms with van der Waals surface area (Å²) in [5.74, 6) is -0.387. The summed E-state index contributed by atoms with van der Waals surface area (Å²) < 4.78 is 0. The zero-order valence-corrected chi connectivity index (χ0v) is 14.9. The van der Waals surface area contributed by atoms with E-state index in [0.29, 0.717) is 24.5 Å². The predicted molar refractivity (Wildman–Crippen MR) is 106 cm³/mol. The van der Waals surface area contributed by atoms with Crippen LogP contribution < -0.4 is 20.9 Å². The largest absolute Gasteiger partial charge is 0.336 e. The molecule has 3 rings (SSSR count). The van der Waals surface area contributed by atoms with Crippen molar-refractivity contribution in [3.63, 3.8) is 0 Å². The normalized spacial score (nSPS) is 13.5. The van der Waals surface area contributed by atoms with Crippen LogP contribution in [0.15, 0.2) is 54.6 Å². The maximum absolute atomic E-state index is 12.1. The summed E-state index contributed by atoms with van der Waals surface area (Å²) in [5, 5.41) is 8.21. The van der Waals surface area contributed by atoms with Gasteiger partial charge in [-0.25, -0.2) is 4.79 Å². The summed E-state index contributed by atoms with van der Waals surface area (Å²) in [7, 11) is 0. The zero-order valence-electron chi connectivity index (χ0n) is 14.9. The van der Waals surface area contributed by atoms with E-state index in [0.717, 1.165) is 11.3 Å². The molecular formula is C20H20N4O3. The fraction of sp³-hybridized carbons (Fsp3) is 0.150. The molecule has 1 heterocycles. The Morgan fingerprint density at radius 1 is 1.00 bits per heavy atom. The van der Waals surface area contributed by atoms with E-state index in [9.17, 15) is 14.4 Å². The smallest absolute Gasteiger partial charge is 0.321 e. The molecule has 1 saturated heterocycles. The third-order valence-electron chi connectivity index (χ3n) is 3.96. The number of urea groups is 1. The molecule has 27 heavy (non-hydrogen) atoms. The first-order valence-electron chi connectivity index (χ1n) is 8.53. The molecular weight excluding hydrogens is 344 g/mol. The molecule has 0 atom stereocenters. The Kier molecular flexibility index (Phi) is 5.51. The van der Waals surface area contributed by atoms with Gasteiger partial charge in [-0.15, -0.1) is 0 Å². The Morgan fingerprint density at radius 3 is 2.22 bits per heavy atom. The molecule has 0 aliphatic carbocycles. The molecule has 3 N–H and O–H groups in total. The lowest BCUT2D eigenvalue weighted by Crippen LogP contribution is -2.27. The molecule has 4 amide bonds. The molecule has 7 nitrogen and oxygen atoms in total. The Balaban J connectivity index is 1.56. The molecule has 0 radical (unpaired) electrons. The highest BCUT2D eigenvalue weighted by Gasteiger charge is 2.20. The van der Waals surface area contributed by atoms with E-state index < -0.39 is 0 Å². The van der Waals surface area contributed by atoms with Crippen LogP contribution in [0, 0.1) is 0 Å². The molecule has 1 aliphatic heterocycles. The summed E-state index contributed by atoms with van der Waals surface area (Å²) in [5.41, 5.74) is 2.98. The van der Waals surface area contributed by atoms with Gasteiger partial charge in [-0.3, -0.25) is 14.5 Å². The van der Waals surface area contributed by atoms with Crippen molar-refractivity contribution in [2.24, 2.45) is 0 Å². The Morgan fingerprint density at radius 2 is 1.63 bits per heavy atom. The molecule has 2 aromatic rings. The van der Waals surface area contributed by atoms with Crippen LogP contribution in [0.3, 0.4) is 0 Å². The number of hydrogen-bond acceptors (Lipinski definition) is 3. The first-order valence-corrected chi connectivity index (χ1v) is 8.53. The molecule has 1 aliphatic rings. The number of carbonyl (C=O) groups is 3.